The van der Waals surface area contributed by atoms with Gasteiger partial charge in [-0.05, 0) is 42.3 Å². The minimum atomic E-state index is -4.59. The maximum Gasteiger partial charge on any atom is 0.433 e. The van der Waals surface area contributed by atoms with Crippen LogP contribution in [0.4, 0.5) is 13.2 Å². The Kier molecular flexibility index (Phi) is 6.09. The number of nitrogens with zero attached hydrogens (tertiary/aromatic N) is 3. The molecule has 1 aliphatic rings. The number of ether oxygens (including phenoxy) is 1. The predicted molar refractivity (Wildman–Crippen MR) is 125 cm³/mol. The number of rotatable bonds is 6. The number of nitrogens with one attached hydrogen (secondary N) is 2. The number of aromatic nitrogens is 4. The number of alkyl halides is 3. The van der Waals surface area contributed by atoms with Crippen LogP contribution in [-0.2, 0) is 10.9 Å². The summed E-state index contributed by atoms with van der Waals surface area (Å²) < 4.78 is 46.3. The zero-order valence-electron chi connectivity index (χ0n) is 19.2. The smallest absolute Gasteiger partial charge is 0.381 e. The molecular weight excluding hydrogens is 475 g/mol. The number of fused-ring (bicyclic) bond motifs is 1. The molecule has 36 heavy (non-hydrogen) atoms. The molecule has 1 unspecified atom stereocenters. The van der Waals surface area contributed by atoms with Crippen molar-refractivity contribution in [3.63, 3.8) is 0 Å². The maximum absolute atomic E-state index is 13.3. The third kappa shape index (κ3) is 4.49. The monoisotopic (exact) mass is 497 g/mol. The van der Waals surface area contributed by atoms with E-state index in [1.807, 2.05) is 18.1 Å². The van der Waals surface area contributed by atoms with Crippen LogP contribution in [0.2, 0.25) is 0 Å². The second-order valence-electron chi connectivity index (χ2n) is 8.76. The number of benzene rings is 2. The highest BCUT2D eigenvalue weighted by Gasteiger charge is 2.36. The van der Waals surface area contributed by atoms with Gasteiger partial charge in [0.2, 0.25) is 0 Å². The van der Waals surface area contributed by atoms with Crippen LogP contribution in [0.3, 0.4) is 0 Å². The molecule has 1 fully saturated rings. The van der Waals surface area contributed by atoms with E-state index in [0.29, 0.717) is 31.2 Å². The summed E-state index contributed by atoms with van der Waals surface area (Å²) in [6.07, 6.45) is -2.14. The van der Waals surface area contributed by atoms with Gasteiger partial charge in [-0.1, -0.05) is 18.2 Å². The van der Waals surface area contributed by atoms with Crippen molar-refractivity contribution in [1.29, 1.82) is 0 Å². The first-order chi connectivity index (χ1) is 17.2. The Morgan fingerprint density at radius 1 is 1.25 bits per heavy atom. The number of H-pyrrole nitrogens is 1. The molecule has 186 valence electrons. The lowest BCUT2D eigenvalue weighted by molar-refractivity contribution is -0.140. The minimum absolute atomic E-state index is 0.122. The van der Waals surface area contributed by atoms with E-state index in [2.05, 4.69) is 15.4 Å². The van der Waals surface area contributed by atoms with E-state index < -0.39 is 17.9 Å². The van der Waals surface area contributed by atoms with E-state index in [1.165, 1.54) is 29.1 Å². The summed E-state index contributed by atoms with van der Waals surface area (Å²) in [5.41, 5.74) is 0.297. The molecule has 0 bridgehead atoms. The number of hydrogen-bond donors (Lipinski definition) is 2. The Morgan fingerprint density at radius 3 is 2.78 bits per heavy atom. The van der Waals surface area contributed by atoms with E-state index in [9.17, 15) is 22.8 Å². The average Bonchev–Trinajstić information content (AvgIpc) is 3.34. The van der Waals surface area contributed by atoms with E-state index in [0.717, 1.165) is 11.8 Å². The van der Waals surface area contributed by atoms with Crippen LogP contribution in [0.5, 0.6) is 0 Å². The van der Waals surface area contributed by atoms with Crippen LogP contribution in [-0.4, -0.2) is 45.4 Å². The average molecular weight is 497 g/mol. The van der Waals surface area contributed by atoms with Gasteiger partial charge < -0.3 is 10.1 Å². The quantitative estimate of drug-likeness (QED) is 0.422. The summed E-state index contributed by atoms with van der Waals surface area (Å²) in [6.45, 7) is 3.63. The van der Waals surface area contributed by atoms with Crippen LogP contribution >= 0.6 is 0 Å². The molecule has 1 saturated heterocycles. The van der Waals surface area contributed by atoms with E-state index >= 15 is 0 Å². The Hall–Kier alpha value is -3.99. The van der Waals surface area contributed by atoms with Crippen molar-refractivity contribution in [3.8, 4) is 11.1 Å². The molecule has 5 rings (SSSR count). The molecule has 1 amide bonds. The standard InChI is InChI=1S/C25H22F3N5O3/c1-14(16-3-2-4-18(7-16)23(34)29-9-15-11-36-12-15)33-13-30-21-8-17(5-6-19(21)24(33)35)20-10-31-32-22(20)25(26,27)28/h2-8,10,13-15H,9,11-12H2,1H3,(H,29,34)(H,31,32). The van der Waals surface area contributed by atoms with Crippen molar-refractivity contribution in [2.75, 3.05) is 19.8 Å². The number of carbonyl (C=O) groups excluding carboxylic acids is 1. The normalized spacial score (nSPS) is 15.0. The Labute approximate surface area is 203 Å². The third-order valence-corrected chi connectivity index (χ3v) is 6.32. The fraction of sp³-hybridized carbons (Fsp3) is 0.280. The number of carbonyl (C=O) groups is 1. The summed E-state index contributed by atoms with van der Waals surface area (Å²) >= 11 is 0. The summed E-state index contributed by atoms with van der Waals surface area (Å²) in [6, 6.07) is 10.9. The number of aromatic amines is 1. The fourth-order valence-corrected chi connectivity index (χ4v) is 4.14. The maximum atomic E-state index is 13.3. The zero-order valence-corrected chi connectivity index (χ0v) is 19.2. The molecule has 0 spiro atoms. The van der Waals surface area contributed by atoms with Crippen molar-refractivity contribution in [2.24, 2.45) is 5.92 Å². The highest BCUT2D eigenvalue weighted by atomic mass is 19.4. The molecule has 1 atom stereocenters. The summed E-state index contributed by atoms with van der Waals surface area (Å²) in [4.78, 5) is 30.1. The topological polar surface area (TPSA) is 102 Å². The van der Waals surface area contributed by atoms with Gasteiger partial charge in [0, 0.05) is 23.6 Å². The van der Waals surface area contributed by atoms with E-state index in [-0.39, 0.29) is 33.5 Å². The van der Waals surface area contributed by atoms with Crippen LogP contribution < -0.4 is 10.9 Å². The van der Waals surface area contributed by atoms with Gasteiger partial charge in [0.15, 0.2) is 0 Å². The van der Waals surface area contributed by atoms with Crippen molar-refractivity contribution in [3.05, 3.63) is 82.2 Å². The van der Waals surface area contributed by atoms with Gasteiger partial charge >= 0.3 is 6.18 Å². The second-order valence-corrected chi connectivity index (χ2v) is 8.76. The lowest BCUT2D eigenvalue weighted by Gasteiger charge is -2.26. The van der Waals surface area contributed by atoms with Crippen LogP contribution in [0.1, 0.15) is 34.6 Å². The van der Waals surface area contributed by atoms with Gasteiger partial charge in [-0.15, -0.1) is 0 Å². The Morgan fingerprint density at radius 2 is 2.06 bits per heavy atom. The zero-order chi connectivity index (χ0) is 25.4. The van der Waals surface area contributed by atoms with Gasteiger partial charge in [0.1, 0.15) is 5.69 Å². The molecule has 11 heteroatoms. The van der Waals surface area contributed by atoms with E-state index in [1.54, 1.807) is 18.2 Å². The van der Waals surface area contributed by atoms with Gasteiger partial charge in [0.25, 0.3) is 11.5 Å². The van der Waals surface area contributed by atoms with Gasteiger partial charge in [-0.25, -0.2) is 4.98 Å². The molecule has 4 aromatic rings. The molecule has 0 saturated carbocycles. The van der Waals surface area contributed by atoms with E-state index in [4.69, 9.17) is 4.74 Å². The Bertz CT molecular complexity index is 1490. The summed E-state index contributed by atoms with van der Waals surface area (Å²) in [7, 11) is 0. The molecular formula is C25H22F3N5O3. The predicted octanol–water partition coefficient (Wildman–Crippen LogP) is 3.79. The Balaban J connectivity index is 1.42. The van der Waals surface area contributed by atoms with Gasteiger partial charge in [-0.3, -0.25) is 19.3 Å². The molecule has 0 aliphatic carbocycles. The number of hydrogen-bond acceptors (Lipinski definition) is 5. The molecule has 2 N–H and O–H groups in total. The first-order valence-electron chi connectivity index (χ1n) is 11.3. The number of halogens is 3. The largest absolute Gasteiger partial charge is 0.433 e. The lowest BCUT2D eigenvalue weighted by atomic mass is 10.0. The lowest BCUT2D eigenvalue weighted by Crippen LogP contribution is -2.39. The van der Waals surface area contributed by atoms with Crippen molar-refractivity contribution < 1.29 is 22.7 Å². The van der Waals surface area contributed by atoms with Crippen molar-refractivity contribution in [2.45, 2.75) is 19.1 Å². The van der Waals surface area contributed by atoms with Gasteiger partial charge in [0.05, 0.1) is 42.7 Å². The SMILES string of the molecule is CC(c1cccc(C(=O)NCC2COC2)c1)n1cnc2cc(-c3cn[nH]c3C(F)(F)F)ccc2c1=O. The number of amides is 1. The molecule has 0 radical (unpaired) electrons. The summed E-state index contributed by atoms with van der Waals surface area (Å²) in [5.74, 6) is 0.123. The first-order valence-corrected chi connectivity index (χ1v) is 11.3. The highest BCUT2D eigenvalue weighted by Crippen LogP contribution is 2.35. The molecule has 3 heterocycles. The fourth-order valence-electron chi connectivity index (χ4n) is 4.14. The molecule has 2 aromatic carbocycles. The van der Waals surface area contributed by atoms with Crippen molar-refractivity contribution in [1.82, 2.24) is 25.1 Å². The van der Waals surface area contributed by atoms with Crippen LogP contribution in [0, 0.1) is 5.92 Å². The van der Waals surface area contributed by atoms with Crippen molar-refractivity contribution >= 4 is 16.8 Å². The van der Waals surface area contributed by atoms with Crippen LogP contribution in [0.15, 0.2) is 59.8 Å². The summed E-state index contributed by atoms with van der Waals surface area (Å²) in [5, 5.41) is 8.66. The third-order valence-electron chi connectivity index (χ3n) is 6.32. The van der Waals surface area contributed by atoms with Crippen LogP contribution in [0.25, 0.3) is 22.0 Å². The molecule has 1 aliphatic heterocycles. The van der Waals surface area contributed by atoms with Gasteiger partial charge in [-0.2, -0.15) is 18.3 Å². The minimum Gasteiger partial charge on any atom is -0.381 e. The first kappa shape index (κ1) is 23.7. The second kappa shape index (κ2) is 9.23. The molecule has 8 nitrogen and oxygen atoms in total. The molecule has 2 aromatic heterocycles. The highest BCUT2D eigenvalue weighted by molar-refractivity contribution is 5.94.